The summed E-state index contributed by atoms with van der Waals surface area (Å²) in [5.74, 6) is 0.115. The first-order valence-corrected chi connectivity index (χ1v) is 9.37. The molecule has 0 fully saturated rings. The van der Waals surface area contributed by atoms with Crippen molar-refractivity contribution in [1.29, 1.82) is 0 Å². The predicted molar refractivity (Wildman–Crippen MR) is 90.1 cm³/mol. The number of esters is 1. The summed E-state index contributed by atoms with van der Waals surface area (Å²) in [6.07, 6.45) is 0. The number of carbonyl (C=O) groups is 1. The Morgan fingerprint density at radius 1 is 1.42 bits per heavy atom. The minimum Gasteiger partial charge on any atom is -0.455 e. The highest BCUT2D eigenvalue weighted by Crippen LogP contribution is 2.24. The lowest BCUT2D eigenvalue weighted by atomic mass is 10.4. The molecule has 0 radical (unpaired) electrons. The number of rotatable bonds is 6. The van der Waals surface area contributed by atoms with Crippen LogP contribution in [0.3, 0.4) is 0 Å². The van der Waals surface area contributed by atoms with Crippen LogP contribution in [-0.4, -0.2) is 25.9 Å². The average Bonchev–Trinajstić information content (AvgIpc) is 2.81. The Bertz CT molecular complexity index is 847. The van der Waals surface area contributed by atoms with Gasteiger partial charge in [0.25, 0.3) is 0 Å². The lowest BCUT2D eigenvalue weighted by Crippen LogP contribution is -2.30. The lowest BCUT2D eigenvalue weighted by Gasteiger charge is -2.08. The van der Waals surface area contributed by atoms with Crippen molar-refractivity contribution in [2.75, 3.05) is 6.54 Å². The molecule has 0 aliphatic carbocycles. The minimum absolute atomic E-state index is 0.0379. The summed E-state index contributed by atoms with van der Waals surface area (Å²) in [4.78, 5) is 15.6. The maximum absolute atomic E-state index is 12.1. The van der Waals surface area contributed by atoms with Gasteiger partial charge in [-0.15, -0.1) is 0 Å². The van der Waals surface area contributed by atoms with Gasteiger partial charge in [-0.2, -0.15) is 4.72 Å². The van der Waals surface area contributed by atoms with Gasteiger partial charge in [0.15, 0.2) is 6.61 Å². The van der Waals surface area contributed by atoms with Crippen molar-refractivity contribution in [1.82, 2.24) is 9.71 Å². The first-order chi connectivity index (χ1) is 11.2. The number of oxazole rings is 1. The first-order valence-electron chi connectivity index (χ1n) is 6.72. The van der Waals surface area contributed by atoms with Gasteiger partial charge >= 0.3 is 5.97 Å². The van der Waals surface area contributed by atoms with Crippen LogP contribution in [0, 0.1) is 13.8 Å². The Morgan fingerprint density at radius 3 is 2.71 bits per heavy atom. The molecular weight excluding hydrogens is 424 g/mol. The number of hydrogen-bond acceptors (Lipinski definition) is 6. The molecule has 130 valence electrons. The third-order valence-corrected chi connectivity index (χ3v) is 5.40. The van der Waals surface area contributed by atoms with Crippen LogP contribution in [0.25, 0.3) is 0 Å². The number of ether oxygens (including phenoxy) is 1. The van der Waals surface area contributed by atoms with Crippen LogP contribution < -0.4 is 4.72 Å². The maximum atomic E-state index is 12.1. The van der Waals surface area contributed by atoms with E-state index in [0.29, 0.717) is 15.9 Å². The molecule has 7 nitrogen and oxygen atoms in total. The van der Waals surface area contributed by atoms with E-state index in [0.717, 1.165) is 0 Å². The number of benzene rings is 1. The molecule has 0 amide bonds. The Kier molecular flexibility index (Phi) is 6.02. The SMILES string of the molecule is Cc1nc(COC(=O)CNS(=O)(=O)c2ccc(Br)cc2Cl)oc1C. The molecule has 1 aromatic carbocycles. The van der Waals surface area contributed by atoms with Crippen LogP contribution >= 0.6 is 27.5 Å². The van der Waals surface area contributed by atoms with Gasteiger partial charge in [0.1, 0.15) is 17.2 Å². The Hall–Kier alpha value is -1.42. The quantitative estimate of drug-likeness (QED) is 0.698. The predicted octanol–water partition coefficient (Wildman–Crippen LogP) is 2.73. The van der Waals surface area contributed by atoms with Gasteiger partial charge in [-0.25, -0.2) is 13.4 Å². The van der Waals surface area contributed by atoms with Crippen molar-refractivity contribution in [3.05, 3.63) is 45.0 Å². The molecule has 0 bridgehead atoms. The van der Waals surface area contributed by atoms with Crippen LogP contribution in [0.5, 0.6) is 0 Å². The van der Waals surface area contributed by atoms with Crippen LogP contribution in [0.2, 0.25) is 5.02 Å². The highest BCUT2D eigenvalue weighted by Gasteiger charge is 2.19. The molecule has 2 aromatic rings. The molecule has 1 aromatic heterocycles. The third-order valence-electron chi connectivity index (χ3n) is 3.02. The van der Waals surface area contributed by atoms with E-state index in [1.165, 1.54) is 18.2 Å². The van der Waals surface area contributed by atoms with Gasteiger partial charge in [0.2, 0.25) is 15.9 Å². The second-order valence-electron chi connectivity index (χ2n) is 4.81. The summed E-state index contributed by atoms with van der Waals surface area (Å²) in [5, 5.41) is 0.0379. The summed E-state index contributed by atoms with van der Waals surface area (Å²) < 4.78 is 37.2. The number of aromatic nitrogens is 1. The fourth-order valence-electron chi connectivity index (χ4n) is 1.72. The number of carbonyl (C=O) groups excluding carboxylic acids is 1. The number of halogens is 2. The number of sulfonamides is 1. The number of hydrogen-bond donors (Lipinski definition) is 1. The van der Waals surface area contributed by atoms with Crippen LogP contribution in [0.1, 0.15) is 17.3 Å². The molecule has 0 atom stereocenters. The second-order valence-corrected chi connectivity index (χ2v) is 7.87. The minimum atomic E-state index is -3.93. The van der Waals surface area contributed by atoms with E-state index in [1.54, 1.807) is 13.8 Å². The van der Waals surface area contributed by atoms with E-state index in [4.69, 9.17) is 20.8 Å². The number of nitrogens with one attached hydrogen (secondary N) is 1. The Labute approximate surface area is 152 Å². The monoisotopic (exact) mass is 436 g/mol. The molecule has 0 spiro atoms. The van der Waals surface area contributed by atoms with E-state index in [2.05, 4.69) is 25.6 Å². The summed E-state index contributed by atoms with van der Waals surface area (Å²) >= 11 is 9.09. The molecular formula is C14H14BrClN2O5S. The molecule has 0 aliphatic rings. The van der Waals surface area contributed by atoms with Gasteiger partial charge < -0.3 is 9.15 Å². The zero-order valence-electron chi connectivity index (χ0n) is 12.8. The fourth-order valence-corrected chi connectivity index (χ4v) is 3.72. The van der Waals surface area contributed by atoms with E-state index < -0.39 is 22.5 Å². The maximum Gasteiger partial charge on any atom is 0.321 e. The average molecular weight is 438 g/mol. The molecule has 2 rings (SSSR count). The van der Waals surface area contributed by atoms with E-state index in [9.17, 15) is 13.2 Å². The number of nitrogens with zero attached hydrogens (tertiary/aromatic N) is 1. The summed E-state index contributed by atoms with van der Waals surface area (Å²) in [6, 6.07) is 4.31. The normalized spacial score (nSPS) is 11.5. The molecule has 0 saturated carbocycles. The molecule has 0 unspecified atom stereocenters. The van der Waals surface area contributed by atoms with Crippen molar-refractivity contribution >= 4 is 43.5 Å². The van der Waals surface area contributed by atoms with Crippen molar-refractivity contribution < 1.29 is 22.4 Å². The van der Waals surface area contributed by atoms with Crippen molar-refractivity contribution in [2.24, 2.45) is 0 Å². The molecule has 24 heavy (non-hydrogen) atoms. The molecule has 0 aliphatic heterocycles. The smallest absolute Gasteiger partial charge is 0.321 e. The molecule has 10 heteroatoms. The fraction of sp³-hybridized carbons (Fsp3) is 0.286. The van der Waals surface area contributed by atoms with Gasteiger partial charge in [0, 0.05) is 4.47 Å². The van der Waals surface area contributed by atoms with Gasteiger partial charge in [0.05, 0.1) is 10.7 Å². The van der Waals surface area contributed by atoms with E-state index in [1.807, 2.05) is 0 Å². The summed E-state index contributed by atoms with van der Waals surface area (Å²) in [5.41, 5.74) is 0.701. The standard InChI is InChI=1S/C14H14BrClN2O5S/c1-8-9(2)23-13(18-8)7-22-14(19)6-17-24(20,21)12-4-3-10(15)5-11(12)16/h3-5,17H,6-7H2,1-2H3. The largest absolute Gasteiger partial charge is 0.455 e. The third kappa shape index (κ3) is 4.79. The highest BCUT2D eigenvalue weighted by molar-refractivity contribution is 9.10. The van der Waals surface area contributed by atoms with Crippen molar-refractivity contribution in [3.8, 4) is 0 Å². The van der Waals surface area contributed by atoms with Crippen LogP contribution in [-0.2, 0) is 26.2 Å². The Balaban J connectivity index is 1.92. The second kappa shape index (κ2) is 7.64. The van der Waals surface area contributed by atoms with Gasteiger partial charge in [-0.05, 0) is 32.0 Å². The lowest BCUT2D eigenvalue weighted by molar-refractivity contribution is -0.144. The van der Waals surface area contributed by atoms with Crippen LogP contribution in [0.15, 0.2) is 32.0 Å². The zero-order chi connectivity index (χ0) is 17.9. The van der Waals surface area contributed by atoms with Crippen LogP contribution in [0.4, 0.5) is 0 Å². The Morgan fingerprint density at radius 2 is 2.12 bits per heavy atom. The van der Waals surface area contributed by atoms with Gasteiger partial charge in [-0.3, -0.25) is 4.79 Å². The first kappa shape index (κ1) is 18.9. The zero-order valence-corrected chi connectivity index (χ0v) is 16.0. The topological polar surface area (TPSA) is 98.5 Å². The summed E-state index contributed by atoms with van der Waals surface area (Å²) in [7, 11) is -3.93. The van der Waals surface area contributed by atoms with E-state index in [-0.39, 0.29) is 22.4 Å². The number of aryl methyl sites for hydroxylation is 2. The van der Waals surface area contributed by atoms with Crippen molar-refractivity contribution in [2.45, 2.75) is 25.3 Å². The molecule has 1 heterocycles. The van der Waals surface area contributed by atoms with E-state index >= 15 is 0 Å². The molecule has 0 saturated heterocycles. The van der Waals surface area contributed by atoms with Gasteiger partial charge in [-0.1, -0.05) is 27.5 Å². The molecule has 1 N–H and O–H groups in total. The summed E-state index contributed by atoms with van der Waals surface area (Å²) in [6.45, 7) is 2.80. The van der Waals surface area contributed by atoms with Crippen molar-refractivity contribution in [3.63, 3.8) is 0 Å². The highest BCUT2D eigenvalue weighted by atomic mass is 79.9.